The Kier molecular flexibility index (Phi) is 5.11. The zero-order valence-electron chi connectivity index (χ0n) is 14.2. The first-order valence-electron chi connectivity index (χ1n) is 8.20. The van der Waals surface area contributed by atoms with E-state index in [4.69, 9.17) is 4.74 Å². The van der Waals surface area contributed by atoms with Crippen LogP contribution in [0.3, 0.4) is 0 Å². The van der Waals surface area contributed by atoms with Crippen LogP contribution in [-0.2, 0) is 17.9 Å². The van der Waals surface area contributed by atoms with Crippen molar-refractivity contribution in [1.29, 1.82) is 0 Å². The topological polar surface area (TPSA) is 45.7 Å². The minimum atomic E-state index is -0.0846. The molecule has 5 nitrogen and oxygen atoms in total. The van der Waals surface area contributed by atoms with Crippen molar-refractivity contribution in [3.05, 3.63) is 59.8 Å². The van der Waals surface area contributed by atoms with Crippen LogP contribution in [0.1, 0.15) is 17.5 Å². The maximum atomic E-state index is 12.7. The van der Waals surface area contributed by atoms with E-state index in [9.17, 15) is 4.79 Å². The third kappa shape index (κ3) is 3.57. The molecule has 3 rings (SSSR count). The fourth-order valence-corrected chi connectivity index (χ4v) is 3.20. The highest BCUT2D eigenvalue weighted by molar-refractivity contribution is 5.83. The molecule has 1 amide bonds. The molecule has 0 unspecified atom stereocenters. The van der Waals surface area contributed by atoms with E-state index >= 15 is 0 Å². The molecule has 0 saturated carbocycles. The molecule has 0 spiro atoms. The second kappa shape index (κ2) is 7.45. The Bertz CT molecular complexity index is 690. The summed E-state index contributed by atoms with van der Waals surface area (Å²) in [4.78, 5) is 21.0. The van der Waals surface area contributed by atoms with Gasteiger partial charge in [0.1, 0.15) is 0 Å². The molecule has 126 valence electrons. The van der Waals surface area contributed by atoms with Crippen LogP contribution in [0.15, 0.2) is 48.7 Å². The molecule has 1 fully saturated rings. The fraction of sp³-hybridized carbons (Fsp3) is 0.368. The van der Waals surface area contributed by atoms with E-state index in [0.717, 1.165) is 18.5 Å². The van der Waals surface area contributed by atoms with Crippen LogP contribution in [0.2, 0.25) is 0 Å². The van der Waals surface area contributed by atoms with E-state index in [1.165, 1.54) is 5.56 Å². The molecule has 1 aliphatic rings. The third-order valence-corrected chi connectivity index (χ3v) is 4.48. The molecule has 2 heterocycles. The summed E-state index contributed by atoms with van der Waals surface area (Å²) in [5.41, 5.74) is 2.17. The van der Waals surface area contributed by atoms with Gasteiger partial charge in [-0.1, -0.05) is 36.4 Å². The molecule has 1 saturated heterocycles. The molecule has 1 aliphatic heterocycles. The van der Waals surface area contributed by atoms with Gasteiger partial charge in [-0.15, -0.1) is 0 Å². The number of likely N-dealkylation sites (tertiary alicyclic amines) is 1. The Labute approximate surface area is 142 Å². The van der Waals surface area contributed by atoms with Crippen LogP contribution in [0.5, 0.6) is 5.88 Å². The highest BCUT2D eigenvalue weighted by atomic mass is 16.5. The zero-order valence-corrected chi connectivity index (χ0v) is 14.2. The van der Waals surface area contributed by atoms with Crippen LogP contribution in [-0.4, -0.2) is 47.4 Å². The third-order valence-electron chi connectivity index (χ3n) is 4.48. The lowest BCUT2D eigenvalue weighted by atomic mass is 10.2. The largest absolute Gasteiger partial charge is 0.481 e. The molecule has 5 heteroatoms. The van der Waals surface area contributed by atoms with Gasteiger partial charge in [-0.2, -0.15) is 0 Å². The van der Waals surface area contributed by atoms with E-state index in [1.54, 1.807) is 13.3 Å². The van der Waals surface area contributed by atoms with Crippen molar-refractivity contribution in [2.45, 2.75) is 25.6 Å². The maximum Gasteiger partial charge on any atom is 0.240 e. The molecular formula is C19H23N3O2. The molecule has 0 aliphatic carbocycles. The molecular weight excluding hydrogens is 302 g/mol. The van der Waals surface area contributed by atoms with Crippen molar-refractivity contribution in [2.75, 3.05) is 20.7 Å². The Hall–Kier alpha value is -2.40. The Morgan fingerprint density at radius 1 is 1.25 bits per heavy atom. The monoisotopic (exact) mass is 325 g/mol. The molecule has 1 aromatic carbocycles. The van der Waals surface area contributed by atoms with E-state index in [-0.39, 0.29) is 11.9 Å². The minimum Gasteiger partial charge on any atom is -0.481 e. The Morgan fingerprint density at radius 2 is 2.04 bits per heavy atom. The lowest BCUT2D eigenvalue weighted by molar-refractivity contribution is -0.132. The minimum absolute atomic E-state index is 0.0846. The zero-order chi connectivity index (χ0) is 16.9. The summed E-state index contributed by atoms with van der Waals surface area (Å²) >= 11 is 0. The Balaban J connectivity index is 1.64. The van der Waals surface area contributed by atoms with E-state index in [0.29, 0.717) is 19.0 Å². The molecule has 1 atom stereocenters. The summed E-state index contributed by atoms with van der Waals surface area (Å²) in [6.45, 7) is 2.12. The standard InChI is InChI=1S/C19H23N3O2/c1-21(14-16-9-6-11-20-18(16)24-2)17-10-12-22(19(17)23)13-15-7-4-3-5-8-15/h3-9,11,17H,10,12-14H2,1-2H3/t17-/m0/s1. The molecule has 0 radical (unpaired) electrons. The van der Waals surface area contributed by atoms with Gasteiger partial charge in [0.2, 0.25) is 11.8 Å². The number of methoxy groups -OCH3 is 1. The van der Waals surface area contributed by atoms with Crippen LogP contribution in [0, 0.1) is 0 Å². The van der Waals surface area contributed by atoms with Gasteiger partial charge in [-0.3, -0.25) is 9.69 Å². The second-order valence-electron chi connectivity index (χ2n) is 6.14. The van der Waals surface area contributed by atoms with Crippen LogP contribution < -0.4 is 4.74 Å². The van der Waals surface area contributed by atoms with Crippen molar-refractivity contribution < 1.29 is 9.53 Å². The number of nitrogens with zero attached hydrogens (tertiary/aromatic N) is 3. The number of carbonyl (C=O) groups is 1. The first-order valence-corrected chi connectivity index (χ1v) is 8.20. The smallest absolute Gasteiger partial charge is 0.240 e. The van der Waals surface area contributed by atoms with E-state index in [1.807, 2.05) is 42.3 Å². The lowest BCUT2D eigenvalue weighted by Crippen LogP contribution is -2.39. The van der Waals surface area contributed by atoms with Gasteiger partial charge in [0, 0.05) is 31.4 Å². The summed E-state index contributed by atoms with van der Waals surface area (Å²) in [7, 11) is 3.61. The molecule has 2 aromatic rings. The number of rotatable bonds is 6. The van der Waals surface area contributed by atoms with Gasteiger partial charge < -0.3 is 9.64 Å². The predicted molar refractivity (Wildman–Crippen MR) is 92.5 cm³/mol. The van der Waals surface area contributed by atoms with Gasteiger partial charge in [0.05, 0.1) is 13.2 Å². The summed E-state index contributed by atoms with van der Waals surface area (Å²) in [5, 5.41) is 0. The number of carbonyl (C=O) groups excluding carboxylic acids is 1. The SMILES string of the molecule is COc1ncccc1CN(C)[C@H]1CCN(Cc2ccccc2)C1=O. The maximum absolute atomic E-state index is 12.7. The van der Waals surface area contributed by atoms with Crippen molar-refractivity contribution in [3.8, 4) is 5.88 Å². The molecule has 0 N–H and O–H groups in total. The molecule has 1 aromatic heterocycles. The number of hydrogen-bond acceptors (Lipinski definition) is 4. The van der Waals surface area contributed by atoms with Crippen molar-refractivity contribution in [2.24, 2.45) is 0 Å². The summed E-state index contributed by atoms with van der Waals surface area (Å²) in [6.07, 6.45) is 2.56. The van der Waals surface area contributed by atoms with Crippen molar-refractivity contribution >= 4 is 5.91 Å². The normalized spacial score (nSPS) is 17.5. The number of pyridine rings is 1. The van der Waals surface area contributed by atoms with Crippen LogP contribution in [0.25, 0.3) is 0 Å². The predicted octanol–water partition coefficient (Wildman–Crippen LogP) is 2.32. The first kappa shape index (κ1) is 16.5. The van der Waals surface area contributed by atoms with Crippen molar-refractivity contribution in [1.82, 2.24) is 14.8 Å². The first-order chi connectivity index (χ1) is 11.7. The van der Waals surface area contributed by atoms with Crippen LogP contribution in [0.4, 0.5) is 0 Å². The molecule has 0 bridgehead atoms. The number of ether oxygens (including phenoxy) is 1. The second-order valence-corrected chi connectivity index (χ2v) is 6.14. The number of benzene rings is 1. The van der Waals surface area contributed by atoms with Gasteiger partial charge in [-0.05, 0) is 25.1 Å². The van der Waals surface area contributed by atoms with Gasteiger partial charge >= 0.3 is 0 Å². The number of amides is 1. The average molecular weight is 325 g/mol. The summed E-state index contributed by atoms with van der Waals surface area (Å²) in [5.74, 6) is 0.820. The number of likely N-dealkylation sites (N-methyl/N-ethyl adjacent to an activating group) is 1. The van der Waals surface area contributed by atoms with E-state index < -0.39 is 0 Å². The van der Waals surface area contributed by atoms with Crippen LogP contribution >= 0.6 is 0 Å². The number of hydrogen-bond donors (Lipinski definition) is 0. The fourth-order valence-electron chi connectivity index (χ4n) is 3.20. The molecule has 24 heavy (non-hydrogen) atoms. The highest BCUT2D eigenvalue weighted by Crippen LogP contribution is 2.22. The van der Waals surface area contributed by atoms with Crippen molar-refractivity contribution in [3.63, 3.8) is 0 Å². The quantitative estimate of drug-likeness (QED) is 0.818. The highest BCUT2D eigenvalue weighted by Gasteiger charge is 2.34. The average Bonchev–Trinajstić information content (AvgIpc) is 2.97. The summed E-state index contributed by atoms with van der Waals surface area (Å²) in [6, 6.07) is 13.9. The van der Waals surface area contributed by atoms with Gasteiger partial charge in [-0.25, -0.2) is 4.98 Å². The van der Waals surface area contributed by atoms with Gasteiger partial charge in [0.25, 0.3) is 0 Å². The lowest BCUT2D eigenvalue weighted by Gasteiger charge is -2.24. The number of aromatic nitrogens is 1. The van der Waals surface area contributed by atoms with Gasteiger partial charge in [0.15, 0.2) is 0 Å². The van der Waals surface area contributed by atoms with E-state index in [2.05, 4.69) is 22.0 Å². The summed E-state index contributed by atoms with van der Waals surface area (Å²) < 4.78 is 5.30. The Morgan fingerprint density at radius 3 is 2.79 bits per heavy atom.